The van der Waals surface area contributed by atoms with Crippen LogP contribution in [0.3, 0.4) is 0 Å². The molecule has 1 aliphatic rings. The first-order valence-electron chi connectivity index (χ1n) is 9.46. The van der Waals surface area contributed by atoms with Crippen LogP contribution in [0.4, 0.5) is 9.57 Å². The molecular formula is C23H20FNO4S. The van der Waals surface area contributed by atoms with E-state index in [1.807, 2.05) is 54.6 Å². The second-order valence-electron chi connectivity index (χ2n) is 6.76. The van der Waals surface area contributed by atoms with Crippen LogP contribution in [-0.2, 0) is 4.79 Å². The Labute approximate surface area is 178 Å². The number of halogens is 1. The van der Waals surface area contributed by atoms with E-state index in [0.717, 1.165) is 11.1 Å². The molecule has 30 heavy (non-hydrogen) atoms. The summed E-state index contributed by atoms with van der Waals surface area (Å²) in [5, 5.41) is 0. The summed E-state index contributed by atoms with van der Waals surface area (Å²) >= 11 is -0.257. The first-order valence-corrected chi connectivity index (χ1v) is 10.1. The van der Waals surface area contributed by atoms with E-state index in [9.17, 15) is 8.68 Å². The molecule has 5 nitrogen and oxygen atoms in total. The number of anilines is 1. The molecule has 3 aromatic rings. The van der Waals surface area contributed by atoms with E-state index >= 15 is 0 Å². The summed E-state index contributed by atoms with van der Waals surface area (Å²) < 4.78 is 28.4. The second-order valence-corrected chi connectivity index (χ2v) is 7.05. The van der Waals surface area contributed by atoms with Crippen LogP contribution < -0.4 is 18.6 Å². The third-order valence-corrected chi connectivity index (χ3v) is 5.22. The third kappa shape index (κ3) is 4.21. The van der Waals surface area contributed by atoms with Gasteiger partial charge in [0.05, 0.1) is 7.11 Å². The average Bonchev–Trinajstić information content (AvgIpc) is 3.15. The molecule has 0 saturated carbocycles. The second kappa shape index (κ2) is 9.09. The van der Waals surface area contributed by atoms with Crippen molar-refractivity contribution in [2.45, 2.75) is 12.5 Å². The van der Waals surface area contributed by atoms with E-state index in [4.69, 9.17) is 13.7 Å². The summed E-state index contributed by atoms with van der Waals surface area (Å²) in [6, 6.07) is 22.7. The molecule has 1 fully saturated rings. The van der Waals surface area contributed by atoms with Gasteiger partial charge >= 0.3 is 0 Å². The molecule has 1 saturated heterocycles. The number of benzene rings is 3. The average molecular weight is 425 g/mol. The molecule has 1 unspecified atom stereocenters. The van der Waals surface area contributed by atoms with Gasteiger partial charge < -0.3 is 18.6 Å². The first kappa shape index (κ1) is 20.1. The number of carbonyl (C=O) groups is 1. The minimum absolute atomic E-state index is 0.127. The summed E-state index contributed by atoms with van der Waals surface area (Å²) in [5.74, 6) is 1.13. The summed E-state index contributed by atoms with van der Waals surface area (Å²) in [5.41, 5.74) is 2.86. The molecule has 1 atom stereocenters. The van der Waals surface area contributed by atoms with Crippen molar-refractivity contribution in [2.24, 2.45) is 0 Å². The van der Waals surface area contributed by atoms with Gasteiger partial charge in [-0.3, -0.25) is 4.79 Å². The maximum Gasteiger partial charge on any atom is 0.272 e. The van der Waals surface area contributed by atoms with Gasteiger partial charge in [0.2, 0.25) is 0 Å². The Morgan fingerprint density at radius 2 is 1.70 bits per heavy atom. The number of carbonyl (C=O) groups excluding carboxylic acids is 1. The Balaban J connectivity index is 1.45. The van der Waals surface area contributed by atoms with Gasteiger partial charge in [-0.05, 0) is 35.4 Å². The van der Waals surface area contributed by atoms with Crippen LogP contribution in [0.15, 0.2) is 72.8 Å². The molecule has 0 bridgehead atoms. The van der Waals surface area contributed by atoms with Crippen LogP contribution in [0.2, 0.25) is 0 Å². The summed E-state index contributed by atoms with van der Waals surface area (Å²) in [6.07, 6.45) is 0.0103. The van der Waals surface area contributed by atoms with Gasteiger partial charge in [0.15, 0.2) is 17.6 Å². The summed E-state index contributed by atoms with van der Waals surface area (Å²) in [7, 11) is 1.46. The standard InChI is InChI=1S/C23H20FNO4S/c1-27-22-15-18(9-12-20(22)29-30-24)25-14-13-21(23(25)26)28-19-10-7-17(8-11-19)16-5-3-2-4-6-16/h2-12,15,21H,13-14H2,1H3. The molecule has 4 rings (SSSR count). The SMILES string of the molecule is COc1cc(N2CCC(Oc3ccc(-c4ccccc4)cc3)C2=O)ccc1OSF. The minimum atomic E-state index is -0.559. The minimum Gasteiger partial charge on any atom is -0.493 e. The highest BCUT2D eigenvalue weighted by Crippen LogP contribution is 2.35. The Hall–Kier alpha value is -3.19. The zero-order valence-electron chi connectivity index (χ0n) is 16.3. The van der Waals surface area contributed by atoms with Crippen molar-refractivity contribution in [1.29, 1.82) is 0 Å². The van der Waals surface area contributed by atoms with E-state index in [1.165, 1.54) is 7.11 Å². The number of amides is 1. The van der Waals surface area contributed by atoms with Crippen molar-refractivity contribution in [1.82, 2.24) is 0 Å². The number of hydrogen-bond donors (Lipinski definition) is 0. The van der Waals surface area contributed by atoms with Gasteiger partial charge in [-0.15, -0.1) is 3.89 Å². The lowest BCUT2D eigenvalue weighted by Crippen LogP contribution is -2.32. The van der Waals surface area contributed by atoms with Crippen molar-refractivity contribution in [3.63, 3.8) is 0 Å². The lowest BCUT2D eigenvalue weighted by Gasteiger charge is -2.19. The van der Waals surface area contributed by atoms with Crippen molar-refractivity contribution in [3.8, 4) is 28.4 Å². The highest BCUT2D eigenvalue weighted by Gasteiger charge is 2.34. The normalized spacial score (nSPS) is 15.9. The third-order valence-electron chi connectivity index (χ3n) is 4.98. The zero-order valence-corrected chi connectivity index (χ0v) is 17.1. The molecular weight excluding hydrogens is 405 g/mol. The Kier molecular flexibility index (Phi) is 6.09. The number of hydrogen-bond acceptors (Lipinski definition) is 5. The number of nitrogens with zero attached hydrogens (tertiary/aromatic N) is 1. The van der Waals surface area contributed by atoms with Gasteiger partial charge in [-0.1, -0.05) is 42.5 Å². The van der Waals surface area contributed by atoms with Gasteiger partial charge in [-0.2, -0.15) is 0 Å². The molecule has 3 aromatic carbocycles. The molecule has 1 aliphatic heterocycles. The fourth-order valence-corrected chi connectivity index (χ4v) is 3.67. The number of rotatable bonds is 7. The highest BCUT2D eigenvalue weighted by atomic mass is 32.2. The molecule has 154 valence electrons. The monoisotopic (exact) mass is 425 g/mol. The van der Waals surface area contributed by atoms with Crippen LogP contribution in [0.25, 0.3) is 11.1 Å². The van der Waals surface area contributed by atoms with Gasteiger partial charge in [0, 0.05) is 24.7 Å². The predicted molar refractivity (Wildman–Crippen MR) is 116 cm³/mol. The number of methoxy groups -OCH3 is 1. The first-order chi connectivity index (χ1) is 14.7. The molecule has 0 radical (unpaired) electrons. The molecule has 0 spiro atoms. The maximum absolute atomic E-state index is 12.9. The van der Waals surface area contributed by atoms with E-state index in [1.54, 1.807) is 23.1 Å². The zero-order chi connectivity index (χ0) is 20.9. The fraction of sp³-hybridized carbons (Fsp3) is 0.174. The lowest BCUT2D eigenvalue weighted by molar-refractivity contribution is -0.122. The smallest absolute Gasteiger partial charge is 0.272 e. The highest BCUT2D eigenvalue weighted by molar-refractivity contribution is 7.89. The molecule has 1 heterocycles. The van der Waals surface area contributed by atoms with Gasteiger partial charge in [-0.25, -0.2) is 0 Å². The van der Waals surface area contributed by atoms with Gasteiger partial charge in [0.1, 0.15) is 5.75 Å². The van der Waals surface area contributed by atoms with E-state index in [-0.39, 0.29) is 24.1 Å². The quantitative estimate of drug-likeness (QED) is 0.471. The molecule has 7 heteroatoms. The Morgan fingerprint density at radius 3 is 2.40 bits per heavy atom. The van der Waals surface area contributed by atoms with Crippen LogP contribution in [0.5, 0.6) is 17.2 Å². The Morgan fingerprint density at radius 1 is 0.967 bits per heavy atom. The van der Waals surface area contributed by atoms with Crippen LogP contribution in [0.1, 0.15) is 6.42 Å². The van der Waals surface area contributed by atoms with Crippen LogP contribution in [0, 0.1) is 0 Å². The van der Waals surface area contributed by atoms with Crippen molar-refractivity contribution in [2.75, 3.05) is 18.6 Å². The van der Waals surface area contributed by atoms with E-state index < -0.39 is 6.10 Å². The number of ether oxygens (including phenoxy) is 2. The summed E-state index contributed by atoms with van der Waals surface area (Å²) in [4.78, 5) is 14.5. The van der Waals surface area contributed by atoms with Crippen molar-refractivity contribution in [3.05, 3.63) is 72.8 Å². The molecule has 1 amide bonds. The van der Waals surface area contributed by atoms with E-state index in [0.29, 0.717) is 30.2 Å². The van der Waals surface area contributed by atoms with Gasteiger partial charge in [0.25, 0.3) is 18.3 Å². The molecule has 0 aromatic heterocycles. The predicted octanol–water partition coefficient (Wildman–Crippen LogP) is 5.46. The lowest BCUT2D eigenvalue weighted by atomic mass is 10.1. The topological polar surface area (TPSA) is 48.0 Å². The summed E-state index contributed by atoms with van der Waals surface area (Å²) in [6.45, 7) is 0.521. The molecule has 0 N–H and O–H groups in total. The maximum atomic E-state index is 12.9. The van der Waals surface area contributed by atoms with Crippen molar-refractivity contribution < 1.29 is 22.3 Å². The fourth-order valence-electron chi connectivity index (χ4n) is 3.47. The van der Waals surface area contributed by atoms with Crippen LogP contribution in [-0.4, -0.2) is 25.7 Å². The van der Waals surface area contributed by atoms with E-state index in [2.05, 4.69) is 0 Å². The Bertz CT molecular complexity index is 1010. The van der Waals surface area contributed by atoms with Crippen LogP contribution >= 0.6 is 12.4 Å². The largest absolute Gasteiger partial charge is 0.493 e. The molecule has 0 aliphatic carbocycles. The van der Waals surface area contributed by atoms with Crippen molar-refractivity contribution >= 4 is 24.0 Å².